The van der Waals surface area contributed by atoms with E-state index in [9.17, 15) is 8.78 Å². The number of unbranched alkanes of at least 4 members (excludes halogenated alkanes) is 3. The standard InChI is InChI=1S/C30H26F2N4S/c1-2-3-4-5-6-18-11-12-37-29(18)27-17-26(25-15-19-13-21(31)7-9-23(19)33-25)35-30(36-27)28-16-20-14-22(32)8-10-24(20)34-28/h7-17,33-34H,2-6H2,1H3. The quantitative estimate of drug-likeness (QED) is 0.200. The average Bonchev–Trinajstić information content (AvgIpc) is 3.64. The van der Waals surface area contributed by atoms with Gasteiger partial charge in [0.15, 0.2) is 5.82 Å². The summed E-state index contributed by atoms with van der Waals surface area (Å²) in [7, 11) is 0. The second kappa shape index (κ2) is 9.90. The molecular weight excluding hydrogens is 486 g/mol. The molecular formula is C30H26F2N4S. The molecule has 4 nitrogen and oxygen atoms in total. The van der Waals surface area contributed by atoms with Gasteiger partial charge in [-0.2, -0.15) is 0 Å². The molecule has 0 aliphatic heterocycles. The van der Waals surface area contributed by atoms with Crippen LogP contribution in [0.4, 0.5) is 8.78 Å². The van der Waals surface area contributed by atoms with Crippen LogP contribution in [0.1, 0.15) is 38.2 Å². The maximum Gasteiger partial charge on any atom is 0.177 e. The number of hydrogen-bond acceptors (Lipinski definition) is 3. The molecule has 0 aliphatic rings. The van der Waals surface area contributed by atoms with Gasteiger partial charge in [-0.1, -0.05) is 26.2 Å². The number of rotatable bonds is 8. The lowest BCUT2D eigenvalue weighted by molar-refractivity contribution is 0.629. The second-order valence-corrected chi connectivity index (χ2v) is 10.3. The van der Waals surface area contributed by atoms with Gasteiger partial charge in [0.05, 0.1) is 27.7 Å². The van der Waals surface area contributed by atoms with Crippen LogP contribution in [0.2, 0.25) is 0 Å². The third-order valence-electron chi connectivity index (χ3n) is 6.69. The first-order valence-electron chi connectivity index (χ1n) is 12.6. The van der Waals surface area contributed by atoms with Crippen LogP contribution in [0.5, 0.6) is 0 Å². The highest BCUT2D eigenvalue weighted by molar-refractivity contribution is 7.13. The number of halogens is 2. The topological polar surface area (TPSA) is 57.4 Å². The van der Waals surface area contributed by atoms with E-state index < -0.39 is 0 Å². The summed E-state index contributed by atoms with van der Waals surface area (Å²) in [6, 6.07) is 17.3. The zero-order valence-electron chi connectivity index (χ0n) is 20.4. The van der Waals surface area contributed by atoms with Gasteiger partial charge < -0.3 is 9.97 Å². The van der Waals surface area contributed by atoms with Crippen LogP contribution in [0.3, 0.4) is 0 Å². The van der Waals surface area contributed by atoms with Gasteiger partial charge >= 0.3 is 0 Å². The number of fused-ring (bicyclic) bond motifs is 2. The number of thiophene rings is 1. The van der Waals surface area contributed by atoms with Crippen molar-refractivity contribution in [3.63, 3.8) is 0 Å². The van der Waals surface area contributed by atoms with Crippen LogP contribution in [-0.4, -0.2) is 19.9 Å². The average molecular weight is 513 g/mol. The number of hydrogen-bond donors (Lipinski definition) is 2. The predicted octanol–water partition coefficient (Wildman–Crippen LogP) is 8.90. The van der Waals surface area contributed by atoms with Crippen molar-refractivity contribution in [2.24, 2.45) is 0 Å². The monoisotopic (exact) mass is 512 g/mol. The molecule has 0 aliphatic carbocycles. The Balaban J connectivity index is 1.47. The van der Waals surface area contributed by atoms with E-state index in [2.05, 4.69) is 28.3 Å². The molecule has 37 heavy (non-hydrogen) atoms. The van der Waals surface area contributed by atoms with Gasteiger partial charge in [0.1, 0.15) is 11.6 Å². The molecule has 0 unspecified atom stereocenters. The van der Waals surface area contributed by atoms with E-state index in [-0.39, 0.29) is 11.6 Å². The Kier molecular flexibility index (Phi) is 6.30. The van der Waals surface area contributed by atoms with Crippen LogP contribution in [0.15, 0.2) is 66.0 Å². The lowest BCUT2D eigenvalue weighted by Crippen LogP contribution is -1.97. The predicted molar refractivity (Wildman–Crippen MR) is 148 cm³/mol. The Hall–Kier alpha value is -3.84. The number of nitrogens with zero attached hydrogens (tertiary/aromatic N) is 2. The SMILES string of the molecule is CCCCCCc1ccsc1-c1cc(-c2cc3cc(F)ccc3[nH]2)nc(-c2cc3cc(F)ccc3[nH]2)n1. The van der Waals surface area contributed by atoms with E-state index in [1.54, 1.807) is 23.5 Å². The highest BCUT2D eigenvalue weighted by Gasteiger charge is 2.17. The van der Waals surface area contributed by atoms with Crippen molar-refractivity contribution in [2.75, 3.05) is 0 Å². The highest BCUT2D eigenvalue weighted by Crippen LogP contribution is 2.34. The van der Waals surface area contributed by atoms with Gasteiger partial charge in [-0.3, -0.25) is 0 Å². The minimum atomic E-state index is -0.287. The molecule has 0 saturated heterocycles. The number of aryl methyl sites for hydroxylation is 1. The molecule has 186 valence electrons. The normalized spacial score (nSPS) is 11.6. The van der Waals surface area contributed by atoms with Crippen LogP contribution in [0.25, 0.3) is 55.3 Å². The van der Waals surface area contributed by atoms with Gasteiger partial charge in [-0.25, -0.2) is 18.7 Å². The molecule has 4 heterocycles. The molecule has 0 radical (unpaired) electrons. The van der Waals surface area contributed by atoms with Crippen LogP contribution in [-0.2, 0) is 6.42 Å². The molecule has 4 aromatic heterocycles. The Morgan fingerprint density at radius 2 is 1.41 bits per heavy atom. The van der Waals surface area contributed by atoms with Gasteiger partial charge in [-0.05, 0) is 84.4 Å². The summed E-state index contributed by atoms with van der Waals surface area (Å²) in [6.07, 6.45) is 5.80. The minimum absolute atomic E-state index is 0.279. The Morgan fingerprint density at radius 3 is 2.14 bits per heavy atom. The zero-order valence-corrected chi connectivity index (χ0v) is 21.3. The number of H-pyrrole nitrogens is 2. The first-order valence-corrected chi connectivity index (χ1v) is 13.5. The van der Waals surface area contributed by atoms with Crippen LogP contribution >= 0.6 is 11.3 Å². The molecule has 0 saturated carbocycles. The van der Waals surface area contributed by atoms with Crippen molar-refractivity contribution in [3.8, 4) is 33.5 Å². The third-order valence-corrected chi connectivity index (χ3v) is 7.67. The van der Waals surface area contributed by atoms with E-state index in [1.165, 1.54) is 49.1 Å². The summed E-state index contributed by atoms with van der Waals surface area (Å²) in [6.45, 7) is 2.22. The van der Waals surface area contributed by atoms with Crippen molar-refractivity contribution in [1.29, 1.82) is 0 Å². The molecule has 2 aromatic carbocycles. The van der Waals surface area contributed by atoms with Gasteiger partial charge in [0.2, 0.25) is 0 Å². The van der Waals surface area contributed by atoms with E-state index in [1.807, 2.05) is 18.2 Å². The van der Waals surface area contributed by atoms with Crippen molar-refractivity contribution in [1.82, 2.24) is 19.9 Å². The summed E-state index contributed by atoms with van der Waals surface area (Å²) in [5, 5.41) is 3.66. The van der Waals surface area contributed by atoms with Crippen molar-refractivity contribution < 1.29 is 8.78 Å². The molecule has 6 aromatic rings. The molecule has 0 fully saturated rings. The lowest BCUT2D eigenvalue weighted by Gasteiger charge is -2.08. The zero-order chi connectivity index (χ0) is 25.4. The maximum atomic E-state index is 13.8. The molecule has 0 bridgehead atoms. The van der Waals surface area contributed by atoms with Gasteiger partial charge in [0, 0.05) is 21.8 Å². The van der Waals surface area contributed by atoms with Crippen LogP contribution in [0, 0.1) is 11.6 Å². The molecule has 0 amide bonds. The second-order valence-electron chi connectivity index (χ2n) is 9.38. The van der Waals surface area contributed by atoms with Crippen molar-refractivity contribution in [3.05, 3.63) is 83.2 Å². The van der Waals surface area contributed by atoms with E-state index in [0.29, 0.717) is 17.2 Å². The third kappa shape index (κ3) is 4.79. The summed E-state index contributed by atoms with van der Waals surface area (Å²) in [5.74, 6) is -0.0389. The molecule has 6 rings (SSSR count). The van der Waals surface area contributed by atoms with Crippen LogP contribution < -0.4 is 0 Å². The Labute approximate surface area is 217 Å². The Morgan fingerprint density at radius 1 is 0.730 bits per heavy atom. The number of aromatic amines is 2. The van der Waals surface area contributed by atoms with E-state index >= 15 is 0 Å². The van der Waals surface area contributed by atoms with E-state index in [0.717, 1.165) is 50.9 Å². The summed E-state index contributed by atoms with van der Waals surface area (Å²) in [4.78, 5) is 17.7. The minimum Gasteiger partial charge on any atom is -0.353 e. The van der Waals surface area contributed by atoms with Crippen molar-refractivity contribution >= 4 is 33.1 Å². The molecule has 0 atom stereocenters. The Bertz CT molecular complexity index is 1610. The fraction of sp³-hybridized carbons (Fsp3) is 0.200. The van der Waals surface area contributed by atoms with E-state index in [4.69, 9.17) is 9.97 Å². The summed E-state index contributed by atoms with van der Waals surface area (Å²) < 4.78 is 27.7. The smallest absolute Gasteiger partial charge is 0.177 e. The molecule has 7 heteroatoms. The summed E-state index contributed by atoms with van der Waals surface area (Å²) in [5.41, 5.74) is 6.00. The first-order chi connectivity index (χ1) is 18.1. The molecule has 2 N–H and O–H groups in total. The van der Waals surface area contributed by atoms with Gasteiger partial charge in [-0.15, -0.1) is 11.3 Å². The number of aromatic nitrogens is 4. The van der Waals surface area contributed by atoms with Crippen molar-refractivity contribution in [2.45, 2.75) is 39.0 Å². The number of benzene rings is 2. The lowest BCUT2D eigenvalue weighted by atomic mass is 10.1. The number of nitrogens with one attached hydrogen (secondary N) is 2. The fourth-order valence-electron chi connectivity index (χ4n) is 4.79. The largest absolute Gasteiger partial charge is 0.353 e. The fourth-order valence-corrected chi connectivity index (χ4v) is 5.70. The highest BCUT2D eigenvalue weighted by atomic mass is 32.1. The summed E-state index contributed by atoms with van der Waals surface area (Å²) >= 11 is 1.68. The van der Waals surface area contributed by atoms with Gasteiger partial charge in [0.25, 0.3) is 0 Å². The molecule has 0 spiro atoms. The first kappa shape index (κ1) is 23.6. The maximum absolute atomic E-state index is 13.8.